The van der Waals surface area contributed by atoms with Crippen molar-refractivity contribution in [3.63, 3.8) is 0 Å². The van der Waals surface area contributed by atoms with Crippen LogP contribution in [0.1, 0.15) is 24.2 Å². The lowest BCUT2D eigenvalue weighted by Crippen LogP contribution is -2.43. The number of non-ortho nitro benzene ring substituents is 1. The van der Waals surface area contributed by atoms with Gasteiger partial charge in [-0.05, 0) is 23.5 Å². The van der Waals surface area contributed by atoms with Crippen molar-refractivity contribution in [1.82, 2.24) is 10.9 Å². The lowest BCUT2D eigenvalue weighted by Gasteiger charge is -2.09. The first kappa shape index (κ1) is 19.5. The van der Waals surface area contributed by atoms with Crippen LogP contribution in [0.5, 0.6) is 0 Å². The number of carbonyl (C=O) groups is 2. The second-order valence-corrected chi connectivity index (χ2v) is 7.56. The molecular formula is C15H14Cl3N3O4. The Morgan fingerprint density at radius 2 is 1.92 bits per heavy atom. The van der Waals surface area contributed by atoms with Crippen molar-refractivity contribution in [2.45, 2.75) is 13.8 Å². The topological polar surface area (TPSA) is 101 Å². The number of carbonyl (C=O) groups excluding carboxylic acids is 2. The number of rotatable bonds is 4. The van der Waals surface area contributed by atoms with Crippen LogP contribution in [-0.2, 0) is 4.79 Å². The molecule has 10 heteroatoms. The van der Waals surface area contributed by atoms with Crippen molar-refractivity contribution < 1.29 is 14.5 Å². The fourth-order valence-corrected chi connectivity index (χ4v) is 3.22. The summed E-state index contributed by atoms with van der Waals surface area (Å²) < 4.78 is 0.0788. The van der Waals surface area contributed by atoms with Gasteiger partial charge in [-0.25, -0.2) is 0 Å². The number of amides is 2. The fourth-order valence-electron chi connectivity index (χ4n) is 2.69. The Balaban J connectivity index is 2.00. The number of hydrogen-bond donors (Lipinski definition) is 2. The number of hydrazine groups is 1. The lowest BCUT2D eigenvalue weighted by molar-refractivity contribution is -0.384. The quantitative estimate of drug-likeness (QED) is 0.589. The molecule has 1 fully saturated rings. The highest BCUT2D eigenvalue weighted by atomic mass is 35.5. The van der Waals surface area contributed by atoms with E-state index in [0.29, 0.717) is 0 Å². The number of nitro benzene ring substituents is 1. The summed E-state index contributed by atoms with van der Waals surface area (Å²) in [7, 11) is 0. The van der Waals surface area contributed by atoms with Crippen molar-refractivity contribution in [1.29, 1.82) is 0 Å². The summed E-state index contributed by atoms with van der Waals surface area (Å²) in [6.07, 6.45) is 1.59. The molecule has 0 bridgehead atoms. The average molecular weight is 407 g/mol. The van der Waals surface area contributed by atoms with Gasteiger partial charge >= 0.3 is 0 Å². The molecule has 0 heterocycles. The molecular weight excluding hydrogens is 393 g/mol. The molecule has 2 atom stereocenters. The van der Waals surface area contributed by atoms with E-state index in [1.807, 2.05) is 13.8 Å². The molecule has 0 aliphatic heterocycles. The van der Waals surface area contributed by atoms with Crippen LogP contribution in [-0.4, -0.2) is 16.7 Å². The number of allylic oxidation sites excluding steroid dienone is 1. The number of nitro groups is 1. The molecule has 1 aliphatic carbocycles. The maximum atomic E-state index is 12.2. The maximum absolute atomic E-state index is 12.2. The smallest absolute Gasteiger partial charge is 0.271 e. The van der Waals surface area contributed by atoms with Gasteiger partial charge in [0.05, 0.1) is 21.4 Å². The van der Waals surface area contributed by atoms with Crippen molar-refractivity contribution in [2.24, 2.45) is 17.3 Å². The molecule has 2 amide bonds. The summed E-state index contributed by atoms with van der Waals surface area (Å²) in [5.41, 5.74) is 3.99. The summed E-state index contributed by atoms with van der Waals surface area (Å²) in [6.45, 7) is 3.76. The lowest BCUT2D eigenvalue weighted by atomic mass is 10.1. The van der Waals surface area contributed by atoms with E-state index in [1.54, 1.807) is 6.08 Å². The van der Waals surface area contributed by atoms with Crippen LogP contribution in [0.25, 0.3) is 0 Å². The summed E-state index contributed by atoms with van der Waals surface area (Å²) >= 11 is 17.1. The molecule has 25 heavy (non-hydrogen) atoms. The predicted octanol–water partition coefficient (Wildman–Crippen LogP) is 3.60. The normalized spacial score (nSPS) is 20.4. The Hall–Kier alpha value is -1.83. The van der Waals surface area contributed by atoms with Crippen LogP contribution >= 0.6 is 34.8 Å². The van der Waals surface area contributed by atoms with E-state index < -0.39 is 22.7 Å². The molecule has 0 unspecified atom stereocenters. The number of nitrogens with one attached hydrogen (secondary N) is 2. The Labute approximate surface area is 158 Å². The largest absolute Gasteiger partial charge is 0.273 e. The molecule has 1 aromatic rings. The Morgan fingerprint density at radius 1 is 1.28 bits per heavy atom. The summed E-state index contributed by atoms with van der Waals surface area (Å²) in [4.78, 5) is 34.3. The van der Waals surface area contributed by atoms with E-state index in [2.05, 4.69) is 10.9 Å². The van der Waals surface area contributed by atoms with Crippen molar-refractivity contribution in [3.05, 3.63) is 49.5 Å². The van der Waals surface area contributed by atoms with Crippen molar-refractivity contribution in [2.75, 3.05) is 0 Å². The zero-order chi connectivity index (χ0) is 18.9. The van der Waals surface area contributed by atoms with E-state index in [4.69, 9.17) is 34.8 Å². The third kappa shape index (κ3) is 4.23. The number of nitrogens with zero attached hydrogens (tertiary/aromatic N) is 1. The summed E-state index contributed by atoms with van der Waals surface area (Å²) in [5, 5.41) is 10.6. The molecule has 0 spiro atoms. The van der Waals surface area contributed by atoms with Crippen LogP contribution < -0.4 is 10.9 Å². The van der Waals surface area contributed by atoms with Gasteiger partial charge in [0.15, 0.2) is 0 Å². The number of halogens is 3. The molecule has 134 valence electrons. The molecule has 1 aliphatic rings. The van der Waals surface area contributed by atoms with Crippen LogP contribution in [0.2, 0.25) is 5.02 Å². The molecule has 2 rings (SSSR count). The van der Waals surface area contributed by atoms with Gasteiger partial charge in [0, 0.05) is 12.1 Å². The number of hydrogen-bond acceptors (Lipinski definition) is 4. The van der Waals surface area contributed by atoms with Crippen molar-refractivity contribution in [3.8, 4) is 0 Å². The first-order valence-corrected chi connectivity index (χ1v) is 8.26. The minimum absolute atomic E-state index is 0.00266. The van der Waals surface area contributed by atoms with E-state index >= 15 is 0 Å². The van der Waals surface area contributed by atoms with Gasteiger partial charge in [-0.2, -0.15) is 0 Å². The zero-order valence-electron chi connectivity index (χ0n) is 13.2. The SMILES string of the molecule is CC1(C)[C@H](C(=O)NNC(=O)c2ccc([N+](=O)[O-])cc2Cl)[C@@H]1C=C(Cl)Cl. The van der Waals surface area contributed by atoms with Gasteiger partial charge in [0.2, 0.25) is 5.91 Å². The highest BCUT2D eigenvalue weighted by Gasteiger charge is 2.60. The minimum atomic E-state index is -0.686. The summed E-state index contributed by atoms with van der Waals surface area (Å²) in [6, 6.07) is 3.42. The average Bonchev–Trinajstić information content (AvgIpc) is 3.04. The summed E-state index contributed by atoms with van der Waals surface area (Å²) in [5.74, 6) is -1.62. The van der Waals surface area contributed by atoms with E-state index in [-0.39, 0.29) is 32.1 Å². The van der Waals surface area contributed by atoms with Gasteiger partial charge in [0.25, 0.3) is 11.6 Å². The van der Waals surface area contributed by atoms with Crippen LogP contribution in [0, 0.1) is 27.4 Å². The molecule has 1 aromatic carbocycles. The highest BCUT2D eigenvalue weighted by Crippen LogP contribution is 2.59. The highest BCUT2D eigenvalue weighted by molar-refractivity contribution is 6.55. The van der Waals surface area contributed by atoms with E-state index in [0.717, 1.165) is 12.1 Å². The van der Waals surface area contributed by atoms with Crippen LogP contribution in [0.3, 0.4) is 0 Å². The predicted molar refractivity (Wildman–Crippen MR) is 94.3 cm³/mol. The molecule has 7 nitrogen and oxygen atoms in total. The Morgan fingerprint density at radius 3 is 2.44 bits per heavy atom. The van der Waals surface area contributed by atoms with Gasteiger partial charge in [0.1, 0.15) is 4.49 Å². The van der Waals surface area contributed by atoms with Gasteiger partial charge in [-0.1, -0.05) is 48.7 Å². The maximum Gasteiger partial charge on any atom is 0.271 e. The molecule has 2 N–H and O–H groups in total. The van der Waals surface area contributed by atoms with E-state index in [1.165, 1.54) is 6.07 Å². The minimum Gasteiger partial charge on any atom is -0.273 e. The van der Waals surface area contributed by atoms with Gasteiger partial charge in [-0.15, -0.1) is 0 Å². The molecule has 0 aromatic heterocycles. The van der Waals surface area contributed by atoms with Crippen LogP contribution in [0.15, 0.2) is 28.8 Å². The fraction of sp³-hybridized carbons (Fsp3) is 0.333. The van der Waals surface area contributed by atoms with Crippen molar-refractivity contribution >= 4 is 52.3 Å². The van der Waals surface area contributed by atoms with Gasteiger partial charge < -0.3 is 0 Å². The van der Waals surface area contributed by atoms with Crippen LogP contribution in [0.4, 0.5) is 5.69 Å². The third-order valence-corrected chi connectivity index (χ3v) is 4.77. The molecule has 0 saturated heterocycles. The first-order valence-electron chi connectivity index (χ1n) is 7.12. The monoisotopic (exact) mass is 405 g/mol. The second-order valence-electron chi connectivity index (χ2n) is 6.15. The third-order valence-electron chi connectivity index (χ3n) is 4.21. The number of benzene rings is 1. The first-order chi connectivity index (χ1) is 11.6. The van der Waals surface area contributed by atoms with E-state index in [9.17, 15) is 19.7 Å². The standard InChI is InChI=1S/C15H14Cl3N3O4/c1-15(2)9(6-11(17)18)12(15)14(23)20-19-13(22)8-4-3-7(21(24)25)5-10(8)16/h3-6,9,12H,1-2H3,(H,19,22)(H,20,23)/t9-,12-/m0/s1. The Bertz CT molecular complexity index is 775. The van der Waals surface area contributed by atoms with Gasteiger partial charge in [-0.3, -0.25) is 30.6 Å². The second kappa shape index (κ2) is 7.19. The Kier molecular flexibility index (Phi) is 5.61. The molecule has 1 saturated carbocycles. The molecule has 0 radical (unpaired) electrons. The zero-order valence-corrected chi connectivity index (χ0v) is 15.4.